The Labute approximate surface area is 127 Å². The molecule has 1 atom stereocenters. The summed E-state index contributed by atoms with van der Waals surface area (Å²) in [7, 11) is 0. The fourth-order valence-electron chi connectivity index (χ4n) is 3.74. The smallest absolute Gasteiger partial charge is 0.110 e. The average Bonchev–Trinajstić information content (AvgIpc) is 2.89. The normalized spacial score (nSPS) is 21.9. The summed E-state index contributed by atoms with van der Waals surface area (Å²) in [6.07, 6.45) is 12.2. The molecule has 2 aliphatic rings. The van der Waals surface area contributed by atoms with E-state index >= 15 is 0 Å². The molecule has 1 saturated carbocycles. The Balaban J connectivity index is 1.81. The number of hydrogen-bond donors (Lipinski definition) is 1. The van der Waals surface area contributed by atoms with Crippen LogP contribution in [0.5, 0.6) is 0 Å². The van der Waals surface area contributed by atoms with E-state index in [1.54, 1.807) is 4.88 Å². The van der Waals surface area contributed by atoms with E-state index in [9.17, 15) is 0 Å². The van der Waals surface area contributed by atoms with Crippen LogP contribution >= 0.6 is 11.3 Å². The maximum absolute atomic E-state index is 5.04. The van der Waals surface area contributed by atoms with Gasteiger partial charge in [0.15, 0.2) is 0 Å². The van der Waals surface area contributed by atoms with Gasteiger partial charge in [0.2, 0.25) is 0 Å². The van der Waals surface area contributed by atoms with E-state index < -0.39 is 0 Å². The Hall–Kier alpha value is -0.410. The minimum Gasteiger partial charge on any atom is -0.305 e. The van der Waals surface area contributed by atoms with Gasteiger partial charge >= 0.3 is 0 Å². The molecule has 1 unspecified atom stereocenters. The van der Waals surface area contributed by atoms with Crippen LogP contribution in [0.3, 0.4) is 0 Å². The van der Waals surface area contributed by atoms with E-state index in [1.165, 1.54) is 68.5 Å². The van der Waals surface area contributed by atoms with E-state index in [-0.39, 0.29) is 0 Å². The number of thiazole rings is 1. The summed E-state index contributed by atoms with van der Waals surface area (Å²) in [5.74, 6) is 0.804. The molecule has 0 bridgehead atoms. The highest BCUT2D eigenvalue weighted by Crippen LogP contribution is 2.38. The minimum absolute atomic E-state index is 0.505. The second-order valence-corrected chi connectivity index (χ2v) is 7.94. The van der Waals surface area contributed by atoms with E-state index in [2.05, 4.69) is 19.2 Å². The topological polar surface area (TPSA) is 24.9 Å². The Morgan fingerprint density at radius 2 is 1.80 bits per heavy atom. The zero-order chi connectivity index (χ0) is 13.9. The third kappa shape index (κ3) is 3.25. The number of aryl methyl sites for hydroxylation is 2. The standard InChI is InChI=1S/C17H28N2S/c1-12(2)18-16(13-8-4-3-5-9-13)17-19-14-10-6-7-11-15(14)20-17/h12-13,16,18H,3-11H2,1-2H3. The summed E-state index contributed by atoms with van der Waals surface area (Å²) < 4.78 is 0. The van der Waals surface area contributed by atoms with Crippen LogP contribution in [0.4, 0.5) is 0 Å². The van der Waals surface area contributed by atoms with Crippen LogP contribution in [-0.4, -0.2) is 11.0 Å². The zero-order valence-corrected chi connectivity index (χ0v) is 13.8. The number of hydrogen-bond acceptors (Lipinski definition) is 3. The molecule has 112 valence electrons. The first-order valence-electron chi connectivity index (χ1n) is 8.48. The first-order valence-corrected chi connectivity index (χ1v) is 9.30. The minimum atomic E-state index is 0.505. The molecule has 3 heteroatoms. The largest absolute Gasteiger partial charge is 0.305 e. The van der Waals surface area contributed by atoms with Crippen molar-refractivity contribution in [3.8, 4) is 0 Å². The summed E-state index contributed by atoms with van der Waals surface area (Å²) in [5.41, 5.74) is 1.42. The van der Waals surface area contributed by atoms with Gasteiger partial charge in [0, 0.05) is 10.9 Å². The summed E-state index contributed by atoms with van der Waals surface area (Å²) in [4.78, 5) is 6.62. The van der Waals surface area contributed by atoms with Crippen molar-refractivity contribution in [3.63, 3.8) is 0 Å². The van der Waals surface area contributed by atoms with Gasteiger partial charge in [0.05, 0.1) is 11.7 Å². The molecule has 3 rings (SSSR count). The second-order valence-electron chi connectivity index (χ2n) is 6.83. The summed E-state index contributed by atoms with van der Waals surface area (Å²) in [6, 6.07) is 1.05. The first kappa shape index (κ1) is 14.5. The van der Waals surface area contributed by atoms with Gasteiger partial charge in [-0.05, 0) is 44.4 Å². The number of nitrogens with one attached hydrogen (secondary N) is 1. The molecule has 0 aromatic carbocycles. The van der Waals surface area contributed by atoms with Crippen molar-refractivity contribution in [2.24, 2.45) is 5.92 Å². The molecule has 1 aromatic heterocycles. The Kier molecular flexibility index (Phi) is 4.77. The van der Waals surface area contributed by atoms with Crippen LogP contribution in [0.15, 0.2) is 0 Å². The molecule has 0 spiro atoms. The van der Waals surface area contributed by atoms with Crippen LogP contribution in [0.25, 0.3) is 0 Å². The van der Waals surface area contributed by atoms with Crippen LogP contribution < -0.4 is 5.32 Å². The van der Waals surface area contributed by atoms with Crippen molar-refractivity contribution >= 4 is 11.3 Å². The second kappa shape index (κ2) is 6.57. The Morgan fingerprint density at radius 1 is 1.05 bits per heavy atom. The zero-order valence-electron chi connectivity index (χ0n) is 13.0. The highest BCUT2D eigenvalue weighted by Gasteiger charge is 2.29. The number of rotatable bonds is 4. The number of fused-ring (bicyclic) bond motifs is 1. The summed E-state index contributed by atoms with van der Waals surface area (Å²) >= 11 is 2.01. The predicted octanol–water partition coefficient (Wildman–Crippen LogP) is 4.64. The first-order chi connectivity index (χ1) is 9.74. The molecule has 1 N–H and O–H groups in total. The van der Waals surface area contributed by atoms with Crippen LogP contribution in [-0.2, 0) is 12.8 Å². The third-order valence-electron chi connectivity index (χ3n) is 4.76. The van der Waals surface area contributed by atoms with Gasteiger partial charge in [-0.3, -0.25) is 0 Å². The molecule has 1 heterocycles. The Morgan fingerprint density at radius 3 is 2.50 bits per heavy atom. The maximum atomic E-state index is 5.04. The van der Waals surface area contributed by atoms with Gasteiger partial charge in [-0.25, -0.2) is 4.98 Å². The Bertz CT molecular complexity index is 409. The predicted molar refractivity (Wildman–Crippen MR) is 86.3 cm³/mol. The van der Waals surface area contributed by atoms with Gasteiger partial charge in [-0.1, -0.05) is 33.1 Å². The number of nitrogens with zero attached hydrogens (tertiary/aromatic N) is 1. The molecule has 0 saturated heterocycles. The molecule has 0 radical (unpaired) electrons. The molecule has 0 amide bonds. The highest BCUT2D eigenvalue weighted by molar-refractivity contribution is 7.11. The van der Waals surface area contributed by atoms with Crippen LogP contribution in [0.1, 0.15) is 80.4 Å². The van der Waals surface area contributed by atoms with Gasteiger partial charge in [0.25, 0.3) is 0 Å². The lowest BCUT2D eigenvalue weighted by Gasteiger charge is -2.31. The molecule has 0 aliphatic heterocycles. The van der Waals surface area contributed by atoms with E-state index in [4.69, 9.17) is 4.98 Å². The quantitative estimate of drug-likeness (QED) is 0.874. The lowest BCUT2D eigenvalue weighted by atomic mass is 9.84. The molecule has 1 fully saturated rings. The van der Waals surface area contributed by atoms with Crippen molar-refractivity contribution in [3.05, 3.63) is 15.6 Å². The molecule has 2 nitrogen and oxygen atoms in total. The number of aromatic nitrogens is 1. The molecule has 20 heavy (non-hydrogen) atoms. The van der Waals surface area contributed by atoms with Crippen molar-refractivity contribution in [1.82, 2.24) is 10.3 Å². The van der Waals surface area contributed by atoms with Crippen LogP contribution in [0.2, 0.25) is 0 Å². The van der Waals surface area contributed by atoms with Crippen molar-refractivity contribution < 1.29 is 0 Å². The lowest BCUT2D eigenvalue weighted by Crippen LogP contribution is -2.34. The fraction of sp³-hybridized carbons (Fsp3) is 0.824. The highest BCUT2D eigenvalue weighted by atomic mass is 32.1. The third-order valence-corrected chi connectivity index (χ3v) is 6.00. The van der Waals surface area contributed by atoms with Crippen molar-refractivity contribution in [1.29, 1.82) is 0 Å². The molecule has 1 aromatic rings. The van der Waals surface area contributed by atoms with Gasteiger partial charge in [-0.2, -0.15) is 0 Å². The van der Waals surface area contributed by atoms with Crippen LogP contribution in [0, 0.1) is 5.92 Å². The van der Waals surface area contributed by atoms with Gasteiger partial charge in [-0.15, -0.1) is 11.3 Å². The van der Waals surface area contributed by atoms with E-state index in [0.717, 1.165) is 5.92 Å². The fourth-order valence-corrected chi connectivity index (χ4v) is 5.05. The maximum Gasteiger partial charge on any atom is 0.110 e. The van der Waals surface area contributed by atoms with Gasteiger partial charge < -0.3 is 5.32 Å². The molecule has 2 aliphatic carbocycles. The molecular formula is C17H28N2S. The molecular weight excluding hydrogens is 264 g/mol. The van der Waals surface area contributed by atoms with Gasteiger partial charge in [0.1, 0.15) is 5.01 Å². The van der Waals surface area contributed by atoms with E-state index in [1.807, 2.05) is 11.3 Å². The average molecular weight is 292 g/mol. The van der Waals surface area contributed by atoms with E-state index in [0.29, 0.717) is 12.1 Å². The van der Waals surface area contributed by atoms with Crippen molar-refractivity contribution in [2.45, 2.75) is 83.7 Å². The van der Waals surface area contributed by atoms with Crippen molar-refractivity contribution in [2.75, 3.05) is 0 Å². The monoisotopic (exact) mass is 292 g/mol. The summed E-state index contributed by atoms with van der Waals surface area (Å²) in [6.45, 7) is 4.53. The summed E-state index contributed by atoms with van der Waals surface area (Å²) in [5, 5.41) is 5.21. The lowest BCUT2D eigenvalue weighted by molar-refractivity contribution is 0.259. The SMILES string of the molecule is CC(C)NC(c1nc2c(s1)CCCC2)C1CCCCC1.